The lowest BCUT2D eigenvalue weighted by atomic mass is 10.2. The number of ether oxygens (including phenoxy) is 2. The Hall–Kier alpha value is -2.93. The van der Waals surface area contributed by atoms with Crippen LogP contribution in [0.15, 0.2) is 42.5 Å². The molecule has 0 unspecified atom stereocenters. The number of aldehydes is 1. The number of hydrogen-bond donors (Lipinski definition) is 1. The number of nitrogens with one attached hydrogen (secondary N) is 1. The Bertz CT molecular complexity index is 796. The lowest BCUT2D eigenvalue weighted by Crippen LogP contribution is -2.23. The largest absolute Gasteiger partial charge is 0.481 e. The molecule has 0 aliphatic carbocycles. The van der Waals surface area contributed by atoms with Crippen molar-refractivity contribution in [3.05, 3.63) is 58.9 Å². The van der Waals surface area contributed by atoms with E-state index in [9.17, 15) is 18.8 Å². The Labute approximate surface area is 147 Å². The maximum Gasteiger partial charge on any atom is 0.344 e. The van der Waals surface area contributed by atoms with Crippen molar-refractivity contribution in [1.82, 2.24) is 0 Å². The third-order valence-corrected chi connectivity index (χ3v) is 3.25. The Kier molecular flexibility index (Phi) is 6.47. The van der Waals surface area contributed by atoms with Crippen molar-refractivity contribution in [2.24, 2.45) is 0 Å². The van der Waals surface area contributed by atoms with Crippen LogP contribution in [0.1, 0.15) is 10.4 Å². The normalized spacial score (nSPS) is 10.0. The summed E-state index contributed by atoms with van der Waals surface area (Å²) in [4.78, 5) is 34.1. The quantitative estimate of drug-likeness (QED) is 0.602. The molecule has 1 amide bonds. The molecule has 0 heterocycles. The highest BCUT2D eigenvalue weighted by Gasteiger charge is 2.11. The number of carbonyl (C=O) groups is 3. The van der Waals surface area contributed by atoms with E-state index in [1.54, 1.807) is 12.1 Å². The fraction of sp³-hybridized carbons (Fsp3) is 0.118. The summed E-state index contributed by atoms with van der Waals surface area (Å²) in [5.74, 6) is -1.78. The van der Waals surface area contributed by atoms with Crippen LogP contribution in [0.25, 0.3) is 0 Å². The smallest absolute Gasteiger partial charge is 0.344 e. The predicted octanol–water partition coefficient (Wildman–Crippen LogP) is 2.85. The number of hydrogen-bond acceptors (Lipinski definition) is 5. The van der Waals surface area contributed by atoms with Gasteiger partial charge in [-0.2, -0.15) is 0 Å². The molecule has 8 heteroatoms. The molecule has 0 aliphatic heterocycles. The van der Waals surface area contributed by atoms with E-state index in [1.807, 2.05) is 0 Å². The average molecular weight is 366 g/mol. The van der Waals surface area contributed by atoms with Crippen LogP contribution in [0.2, 0.25) is 5.02 Å². The van der Waals surface area contributed by atoms with Gasteiger partial charge in [-0.3, -0.25) is 9.59 Å². The van der Waals surface area contributed by atoms with E-state index in [0.717, 1.165) is 6.07 Å². The van der Waals surface area contributed by atoms with Gasteiger partial charge in [-0.25, -0.2) is 9.18 Å². The lowest BCUT2D eigenvalue weighted by molar-refractivity contribution is -0.149. The summed E-state index contributed by atoms with van der Waals surface area (Å²) in [6.07, 6.45) is 0.599. The second-order valence-electron chi connectivity index (χ2n) is 4.78. The first-order chi connectivity index (χ1) is 12.0. The minimum atomic E-state index is -0.784. The summed E-state index contributed by atoms with van der Waals surface area (Å²) < 4.78 is 22.9. The first-order valence-corrected chi connectivity index (χ1v) is 7.45. The maximum atomic E-state index is 13.0. The van der Waals surface area contributed by atoms with Crippen LogP contribution in [0.4, 0.5) is 10.1 Å². The fourth-order valence-electron chi connectivity index (χ4n) is 1.80. The van der Waals surface area contributed by atoms with E-state index in [-0.39, 0.29) is 16.5 Å². The van der Waals surface area contributed by atoms with E-state index in [4.69, 9.17) is 21.1 Å². The van der Waals surface area contributed by atoms with E-state index >= 15 is 0 Å². The zero-order valence-corrected chi connectivity index (χ0v) is 13.6. The second kappa shape index (κ2) is 8.79. The molecule has 2 aromatic carbocycles. The third kappa shape index (κ3) is 5.58. The summed E-state index contributed by atoms with van der Waals surface area (Å²) in [5, 5.41) is 2.26. The van der Waals surface area contributed by atoms with Crippen LogP contribution >= 0.6 is 11.6 Å². The Morgan fingerprint density at radius 2 is 1.92 bits per heavy atom. The van der Waals surface area contributed by atoms with Crippen LogP contribution in [0.5, 0.6) is 5.75 Å². The molecule has 0 fully saturated rings. The number of anilines is 1. The molecule has 6 nitrogen and oxygen atoms in total. The predicted molar refractivity (Wildman–Crippen MR) is 88.3 cm³/mol. The van der Waals surface area contributed by atoms with Gasteiger partial charge in [0.25, 0.3) is 5.91 Å². The zero-order chi connectivity index (χ0) is 18.2. The van der Waals surface area contributed by atoms with Crippen LogP contribution in [0.3, 0.4) is 0 Å². The molecule has 0 atom stereocenters. The highest BCUT2D eigenvalue weighted by molar-refractivity contribution is 6.31. The molecule has 0 spiro atoms. The molecule has 130 valence electrons. The van der Waals surface area contributed by atoms with E-state index in [2.05, 4.69) is 5.32 Å². The van der Waals surface area contributed by atoms with Crippen molar-refractivity contribution in [2.75, 3.05) is 18.5 Å². The first kappa shape index (κ1) is 18.4. The molecular weight excluding hydrogens is 353 g/mol. The summed E-state index contributed by atoms with van der Waals surface area (Å²) in [6.45, 7) is -1.01. The number of amides is 1. The van der Waals surface area contributed by atoms with Gasteiger partial charge in [0.05, 0.1) is 10.6 Å². The van der Waals surface area contributed by atoms with Gasteiger partial charge in [-0.1, -0.05) is 23.7 Å². The monoisotopic (exact) mass is 365 g/mol. The number of para-hydroxylation sites is 1. The van der Waals surface area contributed by atoms with Gasteiger partial charge in [-0.05, 0) is 30.3 Å². The van der Waals surface area contributed by atoms with Crippen molar-refractivity contribution >= 4 is 35.5 Å². The lowest BCUT2D eigenvalue weighted by Gasteiger charge is -2.09. The zero-order valence-electron chi connectivity index (χ0n) is 12.8. The topological polar surface area (TPSA) is 81.7 Å². The standard InChI is InChI=1S/C17H13ClFNO5/c18-13-7-12(5-6-14(13)19)20-16(22)9-25-17(23)10-24-15-4-2-1-3-11(15)8-21/h1-8H,9-10H2,(H,20,22). The van der Waals surface area contributed by atoms with Gasteiger partial charge < -0.3 is 14.8 Å². The number of halogens is 2. The van der Waals surface area contributed by atoms with Crippen molar-refractivity contribution in [3.63, 3.8) is 0 Å². The molecule has 25 heavy (non-hydrogen) atoms. The molecule has 2 aromatic rings. The van der Waals surface area contributed by atoms with Gasteiger partial charge in [0.2, 0.25) is 0 Å². The highest BCUT2D eigenvalue weighted by atomic mass is 35.5. The maximum absolute atomic E-state index is 13.0. The van der Waals surface area contributed by atoms with Crippen LogP contribution < -0.4 is 10.1 Å². The Morgan fingerprint density at radius 1 is 1.16 bits per heavy atom. The SMILES string of the molecule is O=Cc1ccccc1OCC(=O)OCC(=O)Nc1ccc(F)c(Cl)c1. The van der Waals surface area contributed by atoms with E-state index in [1.165, 1.54) is 24.3 Å². The van der Waals surface area contributed by atoms with Crippen LogP contribution in [-0.4, -0.2) is 31.4 Å². The summed E-state index contributed by atoms with van der Waals surface area (Å²) >= 11 is 5.60. The molecule has 0 radical (unpaired) electrons. The van der Waals surface area contributed by atoms with Crippen LogP contribution in [-0.2, 0) is 14.3 Å². The highest BCUT2D eigenvalue weighted by Crippen LogP contribution is 2.19. The minimum absolute atomic E-state index is 0.142. The molecule has 0 saturated carbocycles. The van der Waals surface area contributed by atoms with Gasteiger partial charge in [0.1, 0.15) is 11.6 Å². The Morgan fingerprint density at radius 3 is 2.64 bits per heavy atom. The number of benzene rings is 2. The third-order valence-electron chi connectivity index (χ3n) is 2.96. The van der Waals surface area contributed by atoms with Gasteiger partial charge in [0.15, 0.2) is 19.5 Å². The van der Waals surface area contributed by atoms with Crippen molar-refractivity contribution < 1.29 is 28.2 Å². The van der Waals surface area contributed by atoms with Gasteiger partial charge >= 0.3 is 5.97 Å². The summed E-state index contributed by atoms with van der Waals surface area (Å²) in [7, 11) is 0. The van der Waals surface area contributed by atoms with Crippen molar-refractivity contribution in [2.45, 2.75) is 0 Å². The van der Waals surface area contributed by atoms with Crippen molar-refractivity contribution in [1.29, 1.82) is 0 Å². The molecule has 0 saturated heterocycles. The van der Waals surface area contributed by atoms with Gasteiger partial charge in [0, 0.05) is 5.69 Å². The summed E-state index contributed by atoms with van der Waals surface area (Å²) in [5.41, 5.74) is 0.560. The molecule has 0 aromatic heterocycles. The number of carbonyl (C=O) groups excluding carboxylic acids is 3. The second-order valence-corrected chi connectivity index (χ2v) is 5.19. The van der Waals surface area contributed by atoms with Crippen LogP contribution in [0, 0.1) is 5.82 Å². The van der Waals surface area contributed by atoms with Gasteiger partial charge in [-0.15, -0.1) is 0 Å². The molecule has 0 bridgehead atoms. The average Bonchev–Trinajstić information content (AvgIpc) is 2.61. The minimum Gasteiger partial charge on any atom is -0.481 e. The van der Waals surface area contributed by atoms with Crippen molar-refractivity contribution in [3.8, 4) is 5.75 Å². The first-order valence-electron chi connectivity index (χ1n) is 7.07. The molecular formula is C17H13ClFNO5. The Balaban J connectivity index is 1.78. The molecule has 0 aliphatic rings. The van der Waals surface area contributed by atoms with E-state index in [0.29, 0.717) is 11.8 Å². The fourth-order valence-corrected chi connectivity index (χ4v) is 1.99. The number of esters is 1. The number of rotatable bonds is 7. The molecule has 1 N–H and O–H groups in total. The summed E-state index contributed by atoms with van der Waals surface area (Å²) in [6, 6.07) is 10.0. The molecule has 2 rings (SSSR count). The van der Waals surface area contributed by atoms with E-state index < -0.39 is 30.9 Å².